The van der Waals surface area contributed by atoms with Crippen molar-refractivity contribution in [2.75, 3.05) is 0 Å². The van der Waals surface area contributed by atoms with Crippen LogP contribution < -0.4 is 0 Å². The lowest BCUT2D eigenvalue weighted by Gasteiger charge is -2.31. The van der Waals surface area contributed by atoms with Gasteiger partial charge in [0.2, 0.25) is 0 Å². The van der Waals surface area contributed by atoms with Gasteiger partial charge in [-0.05, 0) is 39.2 Å². The highest BCUT2D eigenvalue weighted by Gasteiger charge is 2.31. The van der Waals surface area contributed by atoms with Crippen molar-refractivity contribution >= 4 is 15.9 Å². The fourth-order valence-electron chi connectivity index (χ4n) is 2.12. The van der Waals surface area contributed by atoms with Crippen molar-refractivity contribution in [2.45, 2.75) is 25.4 Å². The number of benzene rings is 2. The van der Waals surface area contributed by atoms with Crippen molar-refractivity contribution in [1.82, 2.24) is 0 Å². The summed E-state index contributed by atoms with van der Waals surface area (Å²) in [6.45, 7) is 3.95. The lowest BCUT2D eigenvalue weighted by atomic mass is 9.77. The number of hydrogen-bond acceptors (Lipinski definition) is 1. The molecule has 1 atom stereocenters. The fourth-order valence-corrected chi connectivity index (χ4v) is 2.52. The first-order chi connectivity index (χ1) is 8.93. The van der Waals surface area contributed by atoms with Crippen LogP contribution in [-0.4, -0.2) is 5.11 Å². The Morgan fingerprint density at radius 3 is 2.32 bits per heavy atom. The predicted molar refractivity (Wildman–Crippen MR) is 78.5 cm³/mol. The second-order valence-electron chi connectivity index (χ2n) is 5.16. The maximum atomic E-state index is 13.3. The second kappa shape index (κ2) is 5.43. The van der Waals surface area contributed by atoms with Crippen molar-refractivity contribution in [1.29, 1.82) is 0 Å². The summed E-state index contributed by atoms with van der Waals surface area (Å²) in [5.41, 5.74) is 1.29. The molecule has 0 radical (unpaired) electrons. The molecule has 0 saturated carbocycles. The monoisotopic (exact) mass is 322 g/mol. The Morgan fingerprint density at radius 1 is 1.11 bits per heavy atom. The Balaban J connectivity index is 2.37. The molecule has 1 N–H and O–H groups in total. The summed E-state index contributed by atoms with van der Waals surface area (Å²) < 4.78 is 13.6. The van der Waals surface area contributed by atoms with Gasteiger partial charge in [0.25, 0.3) is 0 Å². The molecule has 0 saturated heterocycles. The van der Waals surface area contributed by atoms with Gasteiger partial charge in [-0.25, -0.2) is 4.39 Å². The van der Waals surface area contributed by atoms with E-state index in [-0.39, 0.29) is 5.82 Å². The van der Waals surface area contributed by atoms with Crippen LogP contribution in [0.5, 0.6) is 0 Å². The van der Waals surface area contributed by atoms with E-state index in [1.54, 1.807) is 12.1 Å². The first-order valence-electron chi connectivity index (χ1n) is 6.11. The van der Waals surface area contributed by atoms with Crippen molar-refractivity contribution in [3.63, 3.8) is 0 Å². The number of aliphatic hydroxyl groups excluding tert-OH is 1. The Kier molecular flexibility index (Phi) is 4.07. The van der Waals surface area contributed by atoms with Gasteiger partial charge in [0.05, 0.1) is 10.6 Å². The van der Waals surface area contributed by atoms with E-state index in [4.69, 9.17) is 0 Å². The van der Waals surface area contributed by atoms with Crippen LogP contribution in [0.1, 0.15) is 31.1 Å². The Labute approximate surface area is 121 Å². The van der Waals surface area contributed by atoms with Crippen LogP contribution in [0, 0.1) is 5.82 Å². The van der Waals surface area contributed by atoms with Crippen molar-refractivity contribution in [3.05, 3.63) is 69.9 Å². The molecule has 0 aliphatic rings. The molecule has 0 aliphatic heterocycles. The second-order valence-corrected chi connectivity index (χ2v) is 6.02. The third-order valence-electron chi connectivity index (χ3n) is 3.46. The third-order valence-corrected chi connectivity index (χ3v) is 4.07. The van der Waals surface area contributed by atoms with Crippen LogP contribution in [0.15, 0.2) is 53.0 Å². The molecular formula is C16H16BrFO. The fraction of sp³-hybridized carbons (Fsp3) is 0.250. The first-order valence-corrected chi connectivity index (χ1v) is 6.91. The molecule has 1 unspecified atom stereocenters. The summed E-state index contributed by atoms with van der Waals surface area (Å²) in [6, 6.07) is 14.4. The average molecular weight is 323 g/mol. The van der Waals surface area contributed by atoms with Crippen LogP contribution in [0.4, 0.5) is 4.39 Å². The Hall–Kier alpha value is -1.19. The predicted octanol–water partition coefficient (Wildman–Crippen LogP) is 4.60. The number of rotatable bonds is 3. The van der Waals surface area contributed by atoms with Gasteiger partial charge in [-0.2, -0.15) is 0 Å². The molecule has 0 aliphatic carbocycles. The highest BCUT2D eigenvalue weighted by molar-refractivity contribution is 9.10. The standard InChI is InChI=1S/C16H16BrFO/c1-16(2,12-6-4-3-5-7-12)15(19)11-8-9-14(18)13(17)10-11/h3-10,15,19H,1-2H3. The third kappa shape index (κ3) is 2.88. The average Bonchev–Trinajstić information content (AvgIpc) is 2.42. The molecule has 0 fully saturated rings. The molecule has 0 heterocycles. The number of hydrogen-bond donors (Lipinski definition) is 1. The zero-order chi connectivity index (χ0) is 14.0. The smallest absolute Gasteiger partial charge is 0.137 e. The van der Waals surface area contributed by atoms with Gasteiger partial charge in [-0.3, -0.25) is 0 Å². The van der Waals surface area contributed by atoms with E-state index in [2.05, 4.69) is 15.9 Å². The summed E-state index contributed by atoms with van der Waals surface area (Å²) in [5.74, 6) is -0.325. The molecule has 0 spiro atoms. The zero-order valence-corrected chi connectivity index (χ0v) is 12.5. The molecule has 100 valence electrons. The van der Waals surface area contributed by atoms with E-state index in [1.165, 1.54) is 6.07 Å². The SMILES string of the molecule is CC(C)(c1ccccc1)C(O)c1ccc(F)c(Br)c1. The molecular weight excluding hydrogens is 307 g/mol. The minimum absolute atomic E-state index is 0.325. The lowest BCUT2D eigenvalue weighted by molar-refractivity contribution is 0.100. The summed E-state index contributed by atoms with van der Waals surface area (Å²) in [5, 5.41) is 10.6. The van der Waals surface area contributed by atoms with E-state index >= 15 is 0 Å². The lowest BCUT2D eigenvalue weighted by Crippen LogP contribution is -2.26. The van der Waals surface area contributed by atoms with Gasteiger partial charge < -0.3 is 5.11 Å². The first kappa shape index (κ1) is 14.2. The van der Waals surface area contributed by atoms with Crippen molar-refractivity contribution in [3.8, 4) is 0 Å². The Bertz CT molecular complexity index is 566. The molecule has 0 aromatic heterocycles. The molecule has 0 bridgehead atoms. The van der Waals surface area contributed by atoms with E-state index in [1.807, 2.05) is 44.2 Å². The zero-order valence-electron chi connectivity index (χ0n) is 10.9. The van der Waals surface area contributed by atoms with Crippen LogP contribution >= 0.6 is 15.9 Å². The normalized spacial score (nSPS) is 13.3. The quantitative estimate of drug-likeness (QED) is 0.875. The van der Waals surface area contributed by atoms with Crippen LogP contribution in [0.3, 0.4) is 0 Å². The molecule has 2 aromatic carbocycles. The molecule has 2 aromatic rings. The van der Waals surface area contributed by atoms with Gasteiger partial charge >= 0.3 is 0 Å². The van der Waals surface area contributed by atoms with Gasteiger partial charge in [-0.1, -0.05) is 50.2 Å². The van der Waals surface area contributed by atoms with Gasteiger partial charge in [-0.15, -0.1) is 0 Å². The minimum atomic E-state index is -0.702. The maximum absolute atomic E-state index is 13.3. The van der Waals surface area contributed by atoms with E-state index in [9.17, 15) is 9.50 Å². The molecule has 1 nitrogen and oxygen atoms in total. The van der Waals surface area contributed by atoms with E-state index < -0.39 is 11.5 Å². The summed E-state index contributed by atoms with van der Waals surface area (Å²) in [4.78, 5) is 0. The summed E-state index contributed by atoms with van der Waals surface area (Å²) in [6.07, 6.45) is -0.702. The number of aliphatic hydroxyl groups is 1. The summed E-state index contributed by atoms with van der Waals surface area (Å²) >= 11 is 3.15. The van der Waals surface area contributed by atoms with Crippen LogP contribution in [0.2, 0.25) is 0 Å². The van der Waals surface area contributed by atoms with Crippen molar-refractivity contribution < 1.29 is 9.50 Å². The van der Waals surface area contributed by atoms with E-state index in [0.717, 1.165) is 5.56 Å². The highest BCUT2D eigenvalue weighted by Crippen LogP contribution is 2.37. The highest BCUT2D eigenvalue weighted by atomic mass is 79.9. The maximum Gasteiger partial charge on any atom is 0.137 e. The van der Waals surface area contributed by atoms with Crippen LogP contribution in [-0.2, 0) is 5.41 Å². The van der Waals surface area contributed by atoms with Crippen molar-refractivity contribution in [2.24, 2.45) is 0 Å². The van der Waals surface area contributed by atoms with Gasteiger partial charge in [0.15, 0.2) is 0 Å². The molecule has 2 rings (SSSR count). The molecule has 0 amide bonds. The summed E-state index contributed by atoms with van der Waals surface area (Å²) in [7, 11) is 0. The molecule has 3 heteroatoms. The van der Waals surface area contributed by atoms with Crippen LogP contribution in [0.25, 0.3) is 0 Å². The van der Waals surface area contributed by atoms with E-state index in [0.29, 0.717) is 10.0 Å². The molecule has 19 heavy (non-hydrogen) atoms. The minimum Gasteiger partial charge on any atom is -0.388 e. The Morgan fingerprint density at radius 2 is 1.74 bits per heavy atom. The topological polar surface area (TPSA) is 20.2 Å². The van der Waals surface area contributed by atoms with Gasteiger partial charge in [0.1, 0.15) is 5.82 Å². The number of halogens is 2. The van der Waals surface area contributed by atoms with Gasteiger partial charge in [0, 0.05) is 5.41 Å². The largest absolute Gasteiger partial charge is 0.388 e.